The third-order valence-electron chi connectivity index (χ3n) is 9.41. The highest BCUT2D eigenvalue weighted by atomic mass is 32.2. The van der Waals surface area contributed by atoms with Gasteiger partial charge in [0.05, 0.1) is 18.8 Å². The first-order valence-corrected chi connectivity index (χ1v) is 16.1. The molecular weight excluding hydrogens is 548 g/mol. The number of carbonyl (C=O) groups excluding carboxylic acids is 1. The van der Waals surface area contributed by atoms with Crippen molar-refractivity contribution in [3.63, 3.8) is 0 Å². The largest absolute Gasteiger partial charge is 0.392 e. The number of benzene rings is 2. The lowest BCUT2D eigenvalue weighted by Crippen LogP contribution is -2.60. The Bertz CT molecular complexity index is 1340. The van der Waals surface area contributed by atoms with Crippen molar-refractivity contribution in [2.24, 2.45) is 17.8 Å². The van der Waals surface area contributed by atoms with Crippen LogP contribution in [0.1, 0.15) is 74.0 Å². The van der Waals surface area contributed by atoms with Crippen LogP contribution in [0.25, 0.3) is 0 Å². The van der Waals surface area contributed by atoms with E-state index in [0.717, 1.165) is 64.6 Å². The molecular formula is C33H38N4O4S. The molecule has 0 spiro atoms. The zero-order chi connectivity index (χ0) is 28.5. The van der Waals surface area contributed by atoms with Crippen LogP contribution >= 0.6 is 11.8 Å². The molecule has 1 saturated heterocycles. The summed E-state index contributed by atoms with van der Waals surface area (Å²) in [6, 6.07) is 17.4. The number of aliphatic hydroxyl groups is 1. The van der Waals surface area contributed by atoms with Gasteiger partial charge in [0.1, 0.15) is 0 Å². The van der Waals surface area contributed by atoms with Gasteiger partial charge in [-0.05, 0) is 85.6 Å². The van der Waals surface area contributed by atoms with Crippen molar-refractivity contribution < 1.29 is 19.4 Å². The molecule has 4 aliphatic carbocycles. The Hall–Kier alpha value is -2.98. The van der Waals surface area contributed by atoms with Gasteiger partial charge in [-0.1, -0.05) is 48.2 Å². The molecule has 9 heteroatoms. The van der Waals surface area contributed by atoms with Gasteiger partial charge in [-0.15, -0.1) is 0 Å². The Labute approximate surface area is 251 Å². The normalized spacial score (nSPS) is 31.5. The van der Waals surface area contributed by atoms with Gasteiger partial charge in [0.15, 0.2) is 11.4 Å². The smallest absolute Gasteiger partial charge is 0.319 e. The first-order valence-electron chi connectivity index (χ1n) is 15.1. The molecule has 42 heavy (non-hydrogen) atoms. The summed E-state index contributed by atoms with van der Waals surface area (Å²) in [5.41, 5.74) is 3.54. The number of hydrogen-bond acceptors (Lipinski definition) is 7. The highest BCUT2D eigenvalue weighted by molar-refractivity contribution is 7.99. The minimum atomic E-state index is -0.557. The van der Waals surface area contributed by atoms with E-state index in [1.807, 2.05) is 54.6 Å². The Balaban J connectivity index is 1.02. The minimum Gasteiger partial charge on any atom is -0.392 e. The molecule has 4 bridgehead atoms. The molecule has 0 radical (unpaired) electrons. The molecule has 2 aromatic carbocycles. The van der Waals surface area contributed by atoms with E-state index in [-0.39, 0.29) is 30.4 Å². The third kappa shape index (κ3) is 6.20. The number of thioether (sulfide) groups is 1. The first kappa shape index (κ1) is 27.8. The van der Waals surface area contributed by atoms with Gasteiger partial charge in [-0.3, -0.25) is 0 Å². The lowest BCUT2D eigenvalue weighted by molar-refractivity contribution is -0.245. The zero-order valence-corrected chi connectivity index (χ0v) is 24.5. The number of aliphatic hydroxyl groups excluding tert-OH is 1. The van der Waals surface area contributed by atoms with E-state index in [1.54, 1.807) is 24.2 Å². The Morgan fingerprint density at radius 3 is 2.17 bits per heavy atom. The summed E-state index contributed by atoms with van der Waals surface area (Å²) in [6.07, 6.45) is 10.8. The summed E-state index contributed by atoms with van der Waals surface area (Å²) >= 11 is 1.57. The van der Waals surface area contributed by atoms with Crippen molar-refractivity contribution in [2.75, 3.05) is 11.1 Å². The number of nitrogens with zero attached hydrogens (tertiary/aromatic N) is 2. The molecule has 3 unspecified atom stereocenters. The lowest BCUT2D eigenvalue weighted by atomic mass is 9.53. The standard InChI is InChI=1S/C33H38N4O4S/c38-19-21-2-4-25(5-3-21)29-15-28(20-42-32-34-10-1-11-35-32)40-30(41-29)26-6-8-27(9-7-26)36-31(39)37-33-16-22-12-23(17-33)14-24(13-22)18-33/h1-11,22-24,28-30,38H,12-20H2,(H2,36,37,39). The number of rotatable bonds is 8. The molecule has 8 rings (SSSR count). The van der Waals surface area contributed by atoms with Gasteiger partial charge in [0.25, 0.3) is 0 Å². The van der Waals surface area contributed by atoms with E-state index >= 15 is 0 Å². The number of nitrogens with one attached hydrogen (secondary N) is 2. The third-order valence-corrected chi connectivity index (χ3v) is 10.4. The molecule has 3 atom stereocenters. The van der Waals surface area contributed by atoms with Crippen molar-refractivity contribution >= 4 is 23.5 Å². The highest BCUT2D eigenvalue weighted by Gasteiger charge is 2.51. The fourth-order valence-electron chi connectivity index (χ4n) is 7.94. The van der Waals surface area contributed by atoms with E-state index in [0.29, 0.717) is 12.2 Å². The van der Waals surface area contributed by atoms with Gasteiger partial charge in [-0.2, -0.15) is 0 Å². The average molecular weight is 587 g/mol. The quantitative estimate of drug-likeness (QED) is 0.207. The van der Waals surface area contributed by atoms with Crippen molar-refractivity contribution in [3.05, 3.63) is 83.7 Å². The highest BCUT2D eigenvalue weighted by Crippen LogP contribution is 2.55. The Morgan fingerprint density at radius 1 is 0.881 bits per heavy atom. The lowest BCUT2D eigenvalue weighted by Gasteiger charge is -2.56. The van der Waals surface area contributed by atoms with E-state index in [4.69, 9.17) is 9.47 Å². The maximum atomic E-state index is 13.1. The van der Waals surface area contributed by atoms with Gasteiger partial charge in [0.2, 0.25) is 0 Å². The van der Waals surface area contributed by atoms with E-state index < -0.39 is 6.29 Å². The van der Waals surface area contributed by atoms with Gasteiger partial charge in [-0.25, -0.2) is 14.8 Å². The molecule has 8 nitrogen and oxygen atoms in total. The van der Waals surface area contributed by atoms with Crippen LogP contribution in [0.2, 0.25) is 0 Å². The molecule has 5 fully saturated rings. The fraction of sp³-hybridized carbons (Fsp3) is 0.485. The predicted octanol–water partition coefficient (Wildman–Crippen LogP) is 6.40. The summed E-state index contributed by atoms with van der Waals surface area (Å²) in [6.45, 7) is 0.00876. The van der Waals surface area contributed by atoms with Crippen molar-refractivity contribution in [1.29, 1.82) is 0 Å². The van der Waals surface area contributed by atoms with Crippen molar-refractivity contribution in [2.45, 2.75) is 80.7 Å². The Kier molecular flexibility index (Phi) is 7.92. The maximum Gasteiger partial charge on any atom is 0.319 e. The fourth-order valence-corrected chi connectivity index (χ4v) is 8.76. The minimum absolute atomic E-state index is 0.00876. The van der Waals surface area contributed by atoms with Crippen LogP contribution in [0.3, 0.4) is 0 Å². The van der Waals surface area contributed by atoms with E-state index in [2.05, 4.69) is 20.6 Å². The molecule has 220 valence electrons. The number of ether oxygens (including phenoxy) is 2. The number of amides is 2. The molecule has 2 heterocycles. The summed E-state index contributed by atoms with van der Waals surface area (Å²) in [5, 5.41) is 16.6. The van der Waals surface area contributed by atoms with E-state index in [1.165, 1.54) is 19.3 Å². The molecule has 4 saturated carbocycles. The second-order valence-corrected chi connectivity index (χ2v) is 13.6. The molecule has 3 N–H and O–H groups in total. The molecule has 1 aliphatic heterocycles. The van der Waals surface area contributed by atoms with Crippen LogP contribution in [0.4, 0.5) is 10.5 Å². The summed E-state index contributed by atoms with van der Waals surface area (Å²) in [5.74, 6) is 3.04. The van der Waals surface area contributed by atoms with E-state index in [9.17, 15) is 9.90 Å². The second-order valence-electron chi connectivity index (χ2n) is 12.6. The molecule has 3 aromatic rings. The monoisotopic (exact) mass is 586 g/mol. The number of anilines is 1. The molecule has 5 aliphatic rings. The number of urea groups is 1. The van der Waals surface area contributed by atoms with Crippen molar-refractivity contribution in [3.8, 4) is 0 Å². The van der Waals surface area contributed by atoms with Gasteiger partial charge >= 0.3 is 6.03 Å². The summed E-state index contributed by atoms with van der Waals surface area (Å²) < 4.78 is 12.9. The number of carbonyl (C=O) groups is 1. The summed E-state index contributed by atoms with van der Waals surface area (Å²) in [4.78, 5) is 21.7. The van der Waals surface area contributed by atoms with Crippen LogP contribution in [-0.4, -0.2) is 38.5 Å². The first-order chi connectivity index (χ1) is 20.5. The second kappa shape index (κ2) is 12.0. The Morgan fingerprint density at radius 2 is 1.52 bits per heavy atom. The SMILES string of the molecule is O=C(Nc1ccc(C2OC(CSc3ncccn3)CC(c3ccc(CO)cc3)O2)cc1)NC12CC3CC(CC(C3)C1)C2. The van der Waals surface area contributed by atoms with Crippen LogP contribution in [-0.2, 0) is 16.1 Å². The van der Waals surface area contributed by atoms with Crippen LogP contribution < -0.4 is 10.6 Å². The topological polar surface area (TPSA) is 106 Å². The number of aromatic nitrogens is 2. The van der Waals surface area contributed by atoms with Crippen LogP contribution in [0, 0.1) is 17.8 Å². The number of hydrogen-bond donors (Lipinski definition) is 3. The average Bonchev–Trinajstić information content (AvgIpc) is 3.00. The van der Waals surface area contributed by atoms with Crippen LogP contribution in [0.15, 0.2) is 72.1 Å². The predicted molar refractivity (Wildman–Crippen MR) is 161 cm³/mol. The van der Waals surface area contributed by atoms with Crippen molar-refractivity contribution in [1.82, 2.24) is 15.3 Å². The summed E-state index contributed by atoms with van der Waals surface area (Å²) in [7, 11) is 0. The zero-order valence-electron chi connectivity index (χ0n) is 23.7. The maximum absolute atomic E-state index is 13.1. The molecule has 1 aromatic heterocycles. The van der Waals surface area contributed by atoms with Crippen LogP contribution in [0.5, 0.6) is 0 Å². The van der Waals surface area contributed by atoms with Gasteiger partial charge < -0.3 is 25.2 Å². The van der Waals surface area contributed by atoms with Gasteiger partial charge in [0, 0.05) is 41.4 Å². The molecule has 2 amide bonds.